The van der Waals surface area contributed by atoms with E-state index in [1.807, 2.05) is 35.6 Å². The average molecular weight is 159 g/mol. The Labute approximate surface area is 62.2 Å². The molecular formula is C6H12N2OP+. The molecule has 4 heteroatoms. The first-order valence-corrected chi connectivity index (χ1v) is 4.42. The van der Waals surface area contributed by atoms with Crippen molar-refractivity contribution in [1.29, 1.82) is 0 Å². The van der Waals surface area contributed by atoms with Gasteiger partial charge in [-0.25, -0.2) is 0 Å². The molecule has 0 unspecified atom stereocenters. The van der Waals surface area contributed by atoms with Gasteiger partial charge in [0.15, 0.2) is 0 Å². The smallest absolute Gasteiger partial charge is 0.0782 e. The fourth-order valence-corrected chi connectivity index (χ4v) is 1.84. The van der Waals surface area contributed by atoms with Crippen molar-refractivity contribution in [2.45, 2.75) is 0 Å². The zero-order valence-corrected chi connectivity index (χ0v) is 7.21. The van der Waals surface area contributed by atoms with Crippen LogP contribution in [0.25, 0.3) is 0 Å². The molecule has 56 valence electrons. The molecule has 0 aromatic carbocycles. The fraction of sp³-hybridized carbons (Fsp3) is 0.667. The average Bonchev–Trinajstić information content (AvgIpc) is 2.04. The Kier molecular flexibility index (Phi) is 2.55. The highest BCUT2D eigenvalue weighted by molar-refractivity contribution is 7.39. The molecule has 1 heterocycles. The van der Waals surface area contributed by atoms with Gasteiger partial charge in [0.25, 0.3) is 0 Å². The standard InChI is InChI=1S/C6H12N2OP/c1-7-5-3-4-6-8(2)10(7)9/h3-4H,5-6H2,1-2H3/q+1. The van der Waals surface area contributed by atoms with Crippen molar-refractivity contribution in [2.75, 3.05) is 27.2 Å². The van der Waals surface area contributed by atoms with Gasteiger partial charge < -0.3 is 0 Å². The molecule has 0 spiro atoms. The van der Waals surface area contributed by atoms with Gasteiger partial charge in [0.05, 0.1) is 13.1 Å². The van der Waals surface area contributed by atoms with Crippen molar-refractivity contribution in [3.63, 3.8) is 0 Å². The summed E-state index contributed by atoms with van der Waals surface area (Å²) in [5.41, 5.74) is 0. The van der Waals surface area contributed by atoms with E-state index in [1.165, 1.54) is 0 Å². The van der Waals surface area contributed by atoms with Gasteiger partial charge in [-0.1, -0.05) is 21.5 Å². The third-order valence-corrected chi connectivity index (χ3v) is 2.98. The number of nitrogens with zero attached hydrogens (tertiary/aromatic N) is 2. The van der Waals surface area contributed by atoms with E-state index in [0.29, 0.717) is 0 Å². The zero-order chi connectivity index (χ0) is 7.56. The van der Waals surface area contributed by atoms with E-state index in [0.717, 1.165) is 13.1 Å². The van der Waals surface area contributed by atoms with E-state index in [2.05, 4.69) is 0 Å². The Hall–Kier alpha value is -0.240. The van der Waals surface area contributed by atoms with E-state index in [9.17, 15) is 4.57 Å². The first-order valence-electron chi connectivity index (χ1n) is 3.26. The van der Waals surface area contributed by atoms with Crippen LogP contribution < -0.4 is 0 Å². The van der Waals surface area contributed by atoms with Gasteiger partial charge in [-0.2, -0.15) is 0 Å². The minimum atomic E-state index is -1.29. The molecule has 10 heavy (non-hydrogen) atoms. The van der Waals surface area contributed by atoms with Crippen molar-refractivity contribution >= 4 is 8.10 Å². The summed E-state index contributed by atoms with van der Waals surface area (Å²) in [7, 11) is 2.45. The number of rotatable bonds is 0. The monoisotopic (exact) mass is 159 g/mol. The molecular weight excluding hydrogens is 147 g/mol. The predicted octanol–water partition coefficient (Wildman–Crippen LogP) is 1.08. The maximum atomic E-state index is 11.3. The molecule has 0 atom stereocenters. The first-order chi connectivity index (χ1) is 4.72. The van der Waals surface area contributed by atoms with E-state index in [1.54, 1.807) is 0 Å². The summed E-state index contributed by atoms with van der Waals surface area (Å²) in [6.45, 7) is 1.58. The van der Waals surface area contributed by atoms with Gasteiger partial charge >= 0.3 is 8.10 Å². The highest BCUT2D eigenvalue weighted by atomic mass is 31.1. The lowest BCUT2D eigenvalue weighted by atomic mass is 10.5. The second-order valence-electron chi connectivity index (χ2n) is 2.40. The summed E-state index contributed by atoms with van der Waals surface area (Å²) in [5, 5.41) is 0. The molecule has 0 aromatic heterocycles. The molecule has 0 saturated heterocycles. The highest BCUT2D eigenvalue weighted by Crippen LogP contribution is 2.29. The zero-order valence-electron chi connectivity index (χ0n) is 6.32. The van der Waals surface area contributed by atoms with Crippen LogP contribution in [0.4, 0.5) is 0 Å². The van der Waals surface area contributed by atoms with E-state index in [4.69, 9.17) is 0 Å². The first kappa shape index (κ1) is 7.86. The van der Waals surface area contributed by atoms with Crippen molar-refractivity contribution in [1.82, 2.24) is 9.34 Å². The lowest BCUT2D eigenvalue weighted by Gasteiger charge is -2.02. The van der Waals surface area contributed by atoms with Crippen LogP contribution in [0.2, 0.25) is 0 Å². The van der Waals surface area contributed by atoms with Gasteiger partial charge in [0.1, 0.15) is 0 Å². The number of hydrogen-bond acceptors (Lipinski definition) is 1. The Balaban J connectivity index is 2.65. The van der Waals surface area contributed by atoms with Crippen LogP contribution in [-0.2, 0) is 4.57 Å². The van der Waals surface area contributed by atoms with Crippen molar-refractivity contribution < 1.29 is 4.57 Å². The molecule has 0 amide bonds. The van der Waals surface area contributed by atoms with Crippen molar-refractivity contribution in [2.24, 2.45) is 0 Å². The third-order valence-electron chi connectivity index (χ3n) is 1.49. The van der Waals surface area contributed by atoms with Crippen LogP contribution in [0.15, 0.2) is 12.2 Å². The molecule has 3 nitrogen and oxygen atoms in total. The predicted molar refractivity (Wildman–Crippen MR) is 42.0 cm³/mol. The summed E-state index contributed by atoms with van der Waals surface area (Å²) in [6.07, 6.45) is 4.08. The van der Waals surface area contributed by atoms with Crippen LogP contribution in [-0.4, -0.2) is 36.5 Å². The molecule has 1 aliphatic heterocycles. The molecule has 0 aliphatic carbocycles. The van der Waals surface area contributed by atoms with Crippen molar-refractivity contribution in [3.8, 4) is 0 Å². The Morgan fingerprint density at radius 1 is 1.20 bits per heavy atom. The molecule has 0 fully saturated rings. The Morgan fingerprint density at radius 2 is 1.60 bits per heavy atom. The molecule has 0 saturated carbocycles. The highest BCUT2D eigenvalue weighted by Gasteiger charge is 2.29. The summed E-state index contributed by atoms with van der Waals surface area (Å²) < 4.78 is 15.0. The van der Waals surface area contributed by atoms with Gasteiger partial charge in [-0.3, -0.25) is 0 Å². The summed E-state index contributed by atoms with van der Waals surface area (Å²) in [5.74, 6) is 0. The Bertz CT molecular complexity index is 153. The fourth-order valence-electron chi connectivity index (χ4n) is 0.855. The Morgan fingerprint density at radius 3 is 2.00 bits per heavy atom. The second kappa shape index (κ2) is 3.24. The van der Waals surface area contributed by atoms with Crippen LogP contribution in [0.3, 0.4) is 0 Å². The van der Waals surface area contributed by atoms with Gasteiger partial charge in [-0.15, -0.1) is 0 Å². The van der Waals surface area contributed by atoms with Gasteiger partial charge in [-0.05, 0) is 4.57 Å². The quantitative estimate of drug-likeness (QED) is 0.390. The third kappa shape index (κ3) is 1.63. The molecule has 1 rings (SSSR count). The molecule has 1 aliphatic rings. The van der Waals surface area contributed by atoms with Crippen LogP contribution in [0.5, 0.6) is 0 Å². The van der Waals surface area contributed by atoms with Crippen LogP contribution in [0, 0.1) is 0 Å². The maximum absolute atomic E-state index is 11.3. The molecule has 0 bridgehead atoms. The summed E-state index contributed by atoms with van der Waals surface area (Å²) in [4.78, 5) is 0. The lowest BCUT2D eigenvalue weighted by Crippen LogP contribution is -2.16. The van der Waals surface area contributed by atoms with E-state index < -0.39 is 8.10 Å². The minimum Gasteiger partial charge on any atom is -0.0782 e. The molecule has 0 aromatic rings. The largest absolute Gasteiger partial charge is 0.537 e. The van der Waals surface area contributed by atoms with Gasteiger partial charge in [0, 0.05) is 14.1 Å². The van der Waals surface area contributed by atoms with Crippen LogP contribution in [0.1, 0.15) is 0 Å². The number of hydrogen-bond donors (Lipinski definition) is 0. The maximum Gasteiger partial charge on any atom is 0.537 e. The summed E-state index contributed by atoms with van der Waals surface area (Å²) >= 11 is 0. The second-order valence-corrected chi connectivity index (χ2v) is 4.28. The van der Waals surface area contributed by atoms with Crippen LogP contribution >= 0.6 is 8.10 Å². The minimum absolute atomic E-state index is 0.791. The SMILES string of the molecule is CN1CC=CCN(C)[P+]1=O. The number of likely N-dealkylation sites (N-methyl/N-ethyl adjacent to an activating group) is 2. The van der Waals surface area contributed by atoms with Gasteiger partial charge in [0.2, 0.25) is 0 Å². The molecule has 0 N–H and O–H groups in total. The lowest BCUT2D eigenvalue weighted by molar-refractivity contribution is 0.453. The molecule has 0 radical (unpaired) electrons. The van der Waals surface area contributed by atoms with E-state index in [-0.39, 0.29) is 0 Å². The van der Waals surface area contributed by atoms with Crippen molar-refractivity contribution in [3.05, 3.63) is 12.2 Å². The normalized spacial score (nSPS) is 23.2. The topological polar surface area (TPSA) is 23.6 Å². The summed E-state index contributed by atoms with van der Waals surface area (Å²) in [6, 6.07) is 0. The van der Waals surface area contributed by atoms with E-state index >= 15 is 0 Å².